The van der Waals surface area contributed by atoms with Crippen molar-refractivity contribution < 1.29 is 0 Å². The second-order valence-electron chi connectivity index (χ2n) is 7.84. The summed E-state index contributed by atoms with van der Waals surface area (Å²) in [5.74, 6) is 4.97. The molecule has 5 nitrogen and oxygen atoms in total. The number of hydrogen-bond acceptors (Lipinski definition) is 4. The number of rotatable bonds is 6. The number of likely N-dealkylation sites (tertiary alicyclic amines) is 1. The predicted octanol–water partition coefficient (Wildman–Crippen LogP) is 3.22. The lowest BCUT2D eigenvalue weighted by Crippen LogP contribution is -2.21. The Morgan fingerprint density at radius 2 is 2.08 bits per heavy atom. The smallest absolute Gasteiger partial charge is 0.153 e. The Labute approximate surface area is 148 Å². The maximum absolute atomic E-state index is 4.86. The van der Waals surface area contributed by atoms with E-state index in [0.29, 0.717) is 11.8 Å². The van der Waals surface area contributed by atoms with Crippen LogP contribution in [0.2, 0.25) is 0 Å². The maximum Gasteiger partial charge on any atom is 0.153 e. The van der Waals surface area contributed by atoms with E-state index < -0.39 is 0 Å². The molecular weight excluding hydrogens is 310 g/mol. The van der Waals surface area contributed by atoms with Gasteiger partial charge >= 0.3 is 0 Å². The summed E-state index contributed by atoms with van der Waals surface area (Å²) in [5.41, 5.74) is 1.03. The van der Waals surface area contributed by atoms with Gasteiger partial charge in [-0.3, -0.25) is 15.0 Å². The Kier molecular flexibility index (Phi) is 3.89. The first kappa shape index (κ1) is 15.3. The zero-order chi connectivity index (χ0) is 16.6. The molecule has 130 valence electrons. The van der Waals surface area contributed by atoms with E-state index in [0.717, 1.165) is 42.3 Å². The summed E-state index contributed by atoms with van der Waals surface area (Å²) in [6.07, 6.45) is 11.5. The molecule has 25 heavy (non-hydrogen) atoms. The van der Waals surface area contributed by atoms with Gasteiger partial charge in [0.25, 0.3) is 0 Å². The fourth-order valence-corrected chi connectivity index (χ4v) is 4.13. The molecule has 3 fully saturated rings. The quantitative estimate of drug-likeness (QED) is 0.880. The minimum atomic E-state index is 0.524. The Morgan fingerprint density at radius 3 is 2.84 bits per heavy atom. The van der Waals surface area contributed by atoms with E-state index in [2.05, 4.69) is 32.2 Å². The van der Waals surface area contributed by atoms with Crippen LogP contribution < -0.4 is 0 Å². The first-order valence-electron chi connectivity index (χ1n) is 9.59. The van der Waals surface area contributed by atoms with Crippen molar-refractivity contribution in [3.63, 3.8) is 0 Å². The van der Waals surface area contributed by atoms with Crippen LogP contribution in [0.25, 0.3) is 6.08 Å². The van der Waals surface area contributed by atoms with Crippen LogP contribution in [0.3, 0.4) is 0 Å². The highest BCUT2D eigenvalue weighted by atomic mass is 15.2. The average molecular weight is 335 g/mol. The largest absolute Gasteiger partial charge is 0.299 e. The van der Waals surface area contributed by atoms with Gasteiger partial charge in [-0.05, 0) is 55.7 Å². The number of hydrogen-bond donors (Lipinski definition) is 1. The third-order valence-corrected chi connectivity index (χ3v) is 5.82. The highest BCUT2D eigenvalue weighted by Gasteiger charge is 2.44. The fraction of sp³-hybridized carbons (Fsp3) is 0.550. The minimum absolute atomic E-state index is 0.524. The molecule has 2 saturated carbocycles. The van der Waals surface area contributed by atoms with Crippen molar-refractivity contribution in [2.45, 2.75) is 37.5 Å². The molecule has 2 aromatic rings. The topological polar surface area (TPSA) is 57.7 Å². The molecule has 0 unspecified atom stereocenters. The highest BCUT2D eigenvalue weighted by Crippen LogP contribution is 2.47. The summed E-state index contributed by atoms with van der Waals surface area (Å²) in [5, 5.41) is 7.76. The van der Waals surface area contributed by atoms with E-state index >= 15 is 0 Å². The molecule has 5 heteroatoms. The molecule has 5 rings (SSSR count). The molecule has 3 aliphatic rings. The molecule has 0 aromatic carbocycles. The van der Waals surface area contributed by atoms with Gasteiger partial charge < -0.3 is 0 Å². The van der Waals surface area contributed by atoms with E-state index in [9.17, 15) is 0 Å². The molecule has 1 N–H and O–H groups in total. The molecule has 2 aromatic heterocycles. The van der Waals surface area contributed by atoms with Gasteiger partial charge in [-0.1, -0.05) is 12.1 Å². The average Bonchev–Trinajstić information content (AvgIpc) is 3.57. The number of nitrogens with one attached hydrogen (secondary N) is 1. The van der Waals surface area contributed by atoms with E-state index in [4.69, 9.17) is 4.98 Å². The van der Waals surface area contributed by atoms with Crippen molar-refractivity contribution >= 4 is 6.08 Å². The van der Waals surface area contributed by atoms with Crippen molar-refractivity contribution in [2.24, 2.45) is 11.8 Å². The molecule has 2 atom stereocenters. The summed E-state index contributed by atoms with van der Waals surface area (Å²) in [6.45, 7) is 3.26. The van der Waals surface area contributed by atoms with Crippen molar-refractivity contribution in [3.8, 4) is 0 Å². The van der Waals surface area contributed by atoms with Gasteiger partial charge in [0.1, 0.15) is 5.82 Å². The summed E-state index contributed by atoms with van der Waals surface area (Å²) >= 11 is 0. The lowest BCUT2D eigenvalue weighted by atomic mass is 9.91. The van der Waals surface area contributed by atoms with Crippen LogP contribution >= 0.6 is 0 Å². The SMILES string of the molecule is C(=Cc1ccccn1)CN1C[C@H](c2nc(C3CC3)n[nH]2)[C@@H](C2CC2)C1. The van der Waals surface area contributed by atoms with Gasteiger partial charge in [-0.15, -0.1) is 0 Å². The normalized spacial score (nSPS) is 27.4. The molecule has 0 radical (unpaired) electrons. The number of aromatic amines is 1. The minimum Gasteiger partial charge on any atom is -0.299 e. The van der Waals surface area contributed by atoms with Crippen LogP contribution in [0.1, 0.15) is 54.9 Å². The van der Waals surface area contributed by atoms with Gasteiger partial charge in [-0.25, -0.2) is 4.98 Å². The van der Waals surface area contributed by atoms with Gasteiger partial charge in [0.15, 0.2) is 5.82 Å². The van der Waals surface area contributed by atoms with Gasteiger partial charge in [0.05, 0.1) is 5.69 Å². The van der Waals surface area contributed by atoms with Gasteiger partial charge in [-0.2, -0.15) is 5.10 Å². The molecule has 0 bridgehead atoms. The van der Waals surface area contributed by atoms with E-state index in [1.54, 1.807) is 0 Å². The molecule has 1 aliphatic heterocycles. The van der Waals surface area contributed by atoms with Crippen LogP contribution in [0.15, 0.2) is 30.5 Å². The van der Waals surface area contributed by atoms with Crippen molar-refractivity contribution in [1.29, 1.82) is 0 Å². The Hall–Kier alpha value is -2.01. The standard InChI is InChI=1S/C20H25N5/c1-2-10-21-16(4-1)5-3-11-25-12-17(14-6-7-14)18(13-25)20-22-19(23-24-20)15-8-9-15/h1-5,10,14-15,17-18H,6-9,11-13H2,(H,22,23,24)/t17-,18+/m1/s1. The monoisotopic (exact) mass is 335 g/mol. The highest BCUT2D eigenvalue weighted by molar-refractivity contribution is 5.43. The molecule has 2 aliphatic carbocycles. The summed E-state index contributed by atoms with van der Waals surface area (Å²) in [7, 11) is 0. The van der Waals surface area contributed by atoms with Gasteiger partial charge in [0.2, 0.25) is 0 Å². The molecule has 1 saturated heterocycles. The molecular formula is C20H25N5. The number of nitrogens with zero attached hydrogens (tertiary/aromatic N) is 4. The zero-order valence-electron chi connectivity index (χ0n) is 14.5. The van der Waals surface area contributed by atoms with E-state index in [1.165, 1.54) is 32.2 Å². The number of aromatic nitrogens is 4. The third-order valence-electron chi connectivity index (χ3n) is 5.82. The van der Waals surface area contributed by atoms with E-state index in [-0.39, 0.29) is 0 Å². The first-order valence-corrected chi connectivity index (χ1v) is 9.59. The number of pyridine rings is 1. The molecule has 3 heterocycles. The van der Waals surface area contributed by atoms with Crippen LogP contribution in [0.5, 0.6) is 0 Å². The lowest BCUT2D eigenvalue weighted by molar-refractivity contribution is 0.349. The Bertz CT molecular complexity index is 744. The van der Waals surface area contributed by atoms with Crippen molar-refractivity contribution in [3.05, 3.63) is 47.8 Å². The Balaban J connectivity index is 1.26. The third kappa shape index (κ3) is 3.38. The Morgan fingerprint density at radius 1 is 1.16 bits per heavy atom. The van der Waals surface area contributed by atoms with Crippen LogP contribution in [0.4, 0.5) is 0 Å². The summed E-state index contributed by atoms with van der Waals surface area (Å²) in [6, 6.07) is 6.03. The second-order valence-corrected chi connectivity index (χ2v) is 7.84. The molecule has 0 spiro atoms. The maximum atomic E-state index is 4.86. The van der Waals surface area contributed by atoms with Crippen molar-refractivity contribution in [2.75, 3.05) is 19.6 Å². The van der Waals surface area contributed by atoms with Crippen LogP contribution in [-0.4, -0.2) is 44.7 Å². The van der Waals surface area contributed by atoms with Gasteiger partial charge in [0, 0.05) is 37.7 Å². The zero-order valence-corrected chi connectivity index (χ0v) is 14.5. The molecule has 0 amide bonds. The van der Waals surface area contributed by atoms with Crippen LogP contribution in [-0.2, 0) is 0 Å². The summed E-state index contributed by atoms with van der Waals surface area (Å²) in [4.78, 5) is 11.8. The summed E-state index contributed by atoms with van der Waals surface area (Å²) < 4.78 is 0. The number of H-pyrrole nitrogens is 1. The second kappa shape index (κ2) is 6.37. The van der Waals surface area contributed by atoms with Crippen molar-refractivity contribution in [1.82, 2.24) is 25.1 Å². The first-order chi connectivity index (χ1) is 12.4. The van der Waals surface area contributed by atoms with Crippen LogP contribution in [0, 0.1) is 11.8 Å². The predicted molar refractivity (Wildman–Crippen MR) is 97.0 cm³/mol. The lowest BCUT2D eigenvalue weighted by Gasteiger charge is -2.14. The van der Waals surface area contributed by atoms with E-state index in [1.807, 2.05) is 24.4 Å². The fourth-order valence-electron chi connectivity index (χ4n) is 4.13.